The van der Waals surface area contributed by atoms with Crippen LogP contribution in [0.25, 0.3) is 0 Å². The summed E-state index contributed by atoms with van der Waals surface area (Å²) in [5.41, 5.74) is 0. The fraction of sp³-hybridized carbons (Fsp3) is 0.746. The fourth-order valence-corrected chi connectivity index (χ4v) is 9.47. The third-order valence-electron chi connectivity index (χ3n) is 14.4. The predicted octanol–water partition coefficient (Wildman–Crippen LogP) is 22.6. The van der Waals surface area contributed by atoms with E-state index in [0.29, 0.717) is 12.8 Å². The van der Waals surface area contributed by atoms with Crippen molar-refractivity contribution in [2.45, 2.75) is 328 Å². The van der Waals surface area contributed by atoms with E-state index in [2.05, 4.69) is 111 Å². The van der Waals surface area contributed by atoms with Crippen LogP contribution in [0.15, 0.2) is 97.2 Å². The van der Waals surface area contributed by atoms with Crippen molar-refractivity contribution in [1.82, 2.24) is 0 Å². The second kappa shape index (κ2) is 66.1. The zero-order chi connectivity index (χ0) is 54.8. The molecule has 0 bridgehead atoms. The minimum absolute atomic E-state index is 0.0657. The van der Waals surface area contributed by atoms with E-state index in [1.165, 1.54) is 212 Å². The third kappa shape index (κ3) is 63.4. The molecule has 438 valence electrons. The molecule has 0 saturated carbocycles. The number of unbranched alkanes of at least 4 members (excludes halogenated alkanes) is 36. The highest BCUT2D eigenvalue weighted by molar-refractivity contribution is 5.70. The van der Waals surface area contributed by atoms with E-state index in [1.807, 2.05) is 0 Å². The summed E-state index contributed by atoms with van der Waals surface area (Å²) in [6.07, 6.45) is 94.2. The normalized spacial score (nSPS) is 12.8. The molecule has 1 unspecified atom stereocenters. The van der Waals surface area contributed by atoms with Crippen molar-refractivity contribution in [3.63, 3.8) is 0 Å². The van der Waals surface area contributed by atoms with Gasteiger partial charge < -0.3 is 14.6 Å². The van der Waals surface area contributed by atoms with Crippen molar-refractivity contribution in [3.05, 3.63) is 97.2 Å². The molecule has 0 aliphatic rings. The van der Waals surface area contributed by atoms with Crippen LogP contribution in [-0.4, -0.2) is 36.4 Å². The summed E-state index contributed by atoms with van der Waals surface area (Å²) in [6.45, 7) is 4.06. The smallest absolute Gasteiger partial charge is 0.306 e. The fourth-order valence-electron chi connectivity index (χ4n) is 9.47. The molecule has 0 aliphatic carbocycles. The molecule has 76 heavy (non-hydrogen) atoms. The monoisotopic (exact) mass is 1060 g/mol. The molecule has 5 heteroatoms. The summed E-state index contributed by atoms with van der Waals surface area (Å²) in [4.78, 5) is 24.6. The Morgan fingerprint density at radius 3 is 0.868 bits per heavy atom. The highest BCUT2D eigenvalue weighted by atomic mass is 16.6. The standard InChI is InChI=1S/C71H124O5/c1-3-5-7-9-11-13-15-17-19-21-23-25-26-27-28-29-30-31-32-33-34-35-36-37-38-39-40-41-42-43-44-46-48-50-52-54-56-58-60-62-64-66-71(74)76-69(67-72)68-75-70(73)65-63-61-59-57-55-53-51-49-47-45-24-22-20-18-16-14-12-10-8-6-4-2/h5,7,11,13,17,19,22-25,27-28,30-31,33-34,69,72H,3-4,6,8-10,12,14-16,18,20-21,26,29,32,35-68H2,1-2H3/b7-5-,13-11-,19-17-,24-22-,25-23-,28-27-,31-30-,34-33-. The Labute approximate surface area is 472 Å². The molecule has 0 saturated heterocycles. The van der Waals surface area contributed by atoms with Crippen LogP contribution in [0.3, 0.4) is 0 Å². The number of aliphatic hydroxyl groups is 1. The Hall–Kier alpha value is -3.18. The zero-order valence-corrected chi connectivity index (χ0v) is 50.3. The number of allylic oxidation sites excluding steroid dienone is 16. The van der Waals surface area contributed by atoms with Gasteiger partial charge >= 0.3 is 11.9 Å². The molecule has 5 nitrogen and oxygen atoms in total. The van der Waals surface area contributed by atoms with E-state index in [1.54, 1.807) is 0 Å². The average Bonchev–Trinajstić information content (AvgIpc) is 3.42. The predicted molar refractivity (Wildman–Crippen MR) is 334 cm³/mol. The van der Waals surface area contributed by atoms with E-state index < -0.39 is 6.10 Å². The first kappa shape index (κ1) is 72.8. The lowest BCUT2D eigenvalue weighted by Crippen LogP contribution is -2.28. The number of hydrogen-bond acceptors (Lipinski definition) is 5. The van der Waals surface area contributed by atoms with Gasteiger partial charge in [-0.05, 0) is 96.3 Å². The summed E-state index contributed by atoms with van der Waals surface area (Å²) in [7, 11) is 0. The molecular weight excluding hydrogens is 933 g/mol. The number of ether oxygens (including phenoxy) is 2. The molecule has 1 N–H and O–H groups in total. The quantitative estimate of drug-likeness (QED) is 0.0373. The highest BCUT2D eigenvalue weighted by Gasteiger charge is 2.16. The Kier molecular flexibility index (Phi) is 63.3. The largest absolute Gasteiger partial charge is 0.462 e. The van der Waals surface area contributed by atoms with Crippen LogP contribution in [0.2, 0.25) is 0 Å². The number of rotatable bonds is 60. The summed E-state index contributed by atoms with van der Waals surface area (Å²) in [5.74, 6) is -0.581. The van der Waals surface area contributed by atoms with E-state index in [9.17, 15) is 14.7 Å². The van der Waals surface area contributed by atoms with Crippen LogP contribution >= 0.6 is 0 Å². The molecule has 0 aromatic rings. The second-order valence-corrected chi connectivity index (χ2v) is 21.8. The van der Waals surface area contributed by atoms with Crippen LogP contribution < -0.4 is 0 Å². The van der Waals surface area contributed by atoms with Crippen molar-refractivity contribution in [3.8, 4) is 0 Å². The van der Waals surface area contributed by atoms with E-state index in [4.69, 9.17) is 9.47 Å². The van der Waals surface area contributed by atoms with Gasteiger partial charge in [-0.15, -0.1) is 0 Å². The second-order valence-electron chi connectivity index (χ2n) is 21.8. The lowest BCUT2D eigenvalue weighted by molar-refractivity contribution is -0.161. The molecule has 0 heterocycles. The van der Waals surface area contributed by atoms with Crippen LogP contribution in [0.4, 0.5) is 0 Å². The minimum Gasteiger partial charge on any atom is -0.462 e. The molecule has 0 spiro atoms. The molecule has 0 radical (unpaired) electrons. The molecule has 0 aromatic carbocycles. The van der Waals surface area contributed by atoms with Gasteiger partial charge in [0.25, 0.3) is 0 Å². The highest BCUT2D eigenvalue weighted by Crippen LogP contribution is 2.17. The first-order valence-corrected chi connectivity index (χ1v) is 32.8. The van der Waals surface area contributed by atoms with Crippen LogP contribution in [0.5, 0.6) is 0 Å². The van der Waals surface area contributed by atoms with Crippen molar-refractivity contribution in [2.24, 2.45) is 0 Å². The maximum absolute atomic E-state index is 12.3. The number of esters is 2. The summed E-state index contributed by atoms with van der Waals surface area (Å²) < 4.78 is 10.7. The molecular formula is C71H124O5. The zero-order valence-electron chi connectivity index (χ0n) is 50.3. The summed E-state index contributed by atoms with van der Waals surface area (Å²) in [5, 5.41) is 9.68. The lowest BCUT2D eigenvalue weighted by Gasteiger charge is -2.15. The first-order chi connectivity index (χ1) is 37.6. The van der Waals surface area contributed by atoms with Gasteiger partial charge in [0.15, 0.2) is 6.10 Å². The van der Waals surface area contributed by atoms with E-state index in [0.717, 1.165) is 83.5 Å². The van der Waals surface area contributed by atoms with Gasteiger partial charge in [0.2, 0.25) is 0 Å². The molecule has 1 atom stereocenters. The van der Waals surface area contributed by atoms with Gasteiger partial charge in [-0.1, -0.05) is 310 Å². The first-order valence-electron chi connectivity index (χ1n) is 32.8. The number of carbonyl (C=O) groups excluding carboxylic acids is 2. The average molecular weight is 1060 g/mol. The minimum atomic E-state index is -0.775. The van der Waals surface area contributed by atoms with Crippen molar-refractivity contribution in [2.75, 3.05) is 13.2 Å². The molecule has 0 fully saturated rings. The summed E-state index contributed by atoms with van der Waals surface area (Å²) in [6, 6.07) is 0. The lowest BCUT2D eigenvalue weighted by atomic mass is 10.0. The Bertz CT molecular complexity index is 1430. The Morgan fingerprint density at radius 2 is 0.566 bits per heavy atom. The third-order valence-corrected chi connectivity index (χ3v) is 14.4. The topological polar surface area (TPSA) is 72.8 Å². The Morgan fingerprint density at radius 1 is 0.316 bits per heavy atom. The maximum atomic E-state index is 12.3. The van der Waals surface area contributed by atoms with Gasteiger partial charge in [-0.2, -0.15) is 0 Å². The van der Waals surface area contributed by atoms with Gasteiger partial charge in [0.05, 0.1) is 6.61 Å². The van der Waals surface area contributed by atoms with Crippen LogP contribution in [-0.2, 0) is 19.1 Å². The van der Waals surface area contributed by atoms with Gasteiger partial charge in [0, 0.05) is 12.8 Å². The van der Waals surface area contributed by atoms with Gasteiger partial charge in [-0.25, -0.2) is 0 Å². The van der Waals surface area contributed by atoms with E-state index in [-0.39, 0.29) is 25.2 Å². The van der Waals surface area contributed by atoms with Gasteiger partial charge in [-0.3, -0.25) is 9.59 Å². The maximum Gasteiger partial charge on any atom is 0.306 e. The van der Waals surface area contributed by atoms with Crippen molar-refractivity contribution >= 4 is 11.9 Å². The van der Waals surface area contributed by atoms with Crippen LogP contribution in [0, 0.1) is 0 Å². The Balaban J connectivity index is 3.45. The number of carbonyl (C=O) groups is 2. The molecule has 0 rings (SSSR count). The molecule has 0 aliphatic heterocycles. The number of aliphatic hydroxyl groups excluding tert-OH is 1. The van der Waals surface area contributed by atoms with E-state index >= 15 is 0 Å². The number of hydrogen-bond donors (Lipinski definition) is 1. The van der Waals surface area contributed by atoms with Crippen molar-refractivity contribution in [1.29, 1.82) is 0 Å². The molecule has 0 amide bonds. The van der Waals surface area contributed by atoms with Crippen molar-refractivity contribution < 1.29 is 24.2 Å². The SMILES string of the molecule is CC/C=C\C/C=C\C/C=C\C/C=C\C/C=C\C/C=C\C/C=C\CCCCCCCCCCCCCCCCCCCCCC(=O)OC(CO)COC(=O)CCCCCCCCCCC/C=C\CCCCCCCCCC. The van der Waals surface area contributed by atoms with Gasteiger partial charge in [0.1, 0.15) is 6.61 Å². The molecule has 0 aromatic heterocycles. The van der Waals surface area contributed by atoms with Crippen LogP contribution in [0.1, 0.15) is 322 Å². The summed E-state index contributed by atoms with van der Waals surface area (Å²) >= 11 is 0.